The Morgan fingerprint density at radius 3 is 2.29 bits per heavy atom. The zero-order valence-corrected chi connectivity index (χ0v) is 24.5. The molecule has 3 aromatic heterocycles. The van der Waals surface area contributed by atoms with E-state index in [9.17, 15) is 50.3 Å². The first-order valence-electron chi connectivity index (χ1n) is 14.7. The van der Waals surface area contributed by atoms with E-state index in [0.29, 0.717) is 16.3 Å². The van der Waals surface area contributed by atoms with E-state index >= 15 is 0 Å². The van der Waals surface area contributed by atoms with Crippen LogP contribution in [0.3, 0.4) is 0 Å². The molecule has 1 saturated heterocycles. The van der Waals surface area contributed by atoms with Gasteiger partial charge in [0.05, 0.1) is 57.6 Å². The minimum atomic E-state index is -1.76. The number of amides is 2. The SMILES string of the molecule is O=C1c2c(c3c4ccc(O)cc4n([C@@H]4O[C@H](CO)[C@@H](O)[C@H](O)[C@H]4O)c3c3[nH]c4cc(O)ccc4c23)C(=O)N1NCn1ccc([N+](=O)[O-])c1. The number of aliphatic hydroxyl groups excluding tert-OH is 4. The highest BCUT2D eigenvalue weighted by Gasteiger charge is 2.47. The van der Waals surface area contributed by atoms with E-state index in [0.717, 1.165) is 5.01 Å². The van der Waals surface area contributed by atoms with Gasteiger partial charge in [0.1, 0.15) is 35.9 Å². The molecule has 5 heterocycles. The average Bonchev–Trinajstić information content (AvgIpc) is 3.81. The van der Waals surface area contributed by atoms with Crippen molar-refractivity contribution in [2.24, 2.45) is 0 Å². The van der Waals surface area contributed by atoms with Gasteiger partial charge < -0.3 is 49.5 Å². The van der Waals surface area contributed by atoms with Crippen LogP contribution in [0.5, 0.6) is 11.5 Å². The zero-order chi connectivity index (χ0) is 33.8. The Morgan fingerprint density at radius 1 is 0.917 bits per heavy atom. The van der Waals surface area contributed by atoms with Crippen molar-refractivity contribution in [3.8, 4) is 11.5 Å². The van der Waals surface area contributed by atoms with Gasteiger partial charge in [0, 0.05) is 45.9 Å². The number of hydrazine groups is 1. The number of ether oxygens (including phenoxy) is 1. The fourth-order valence-corrected chi connectivity index (χ4v) is 6.90. The summed E-state index contributed by atoms with van der Waals surface area (Å²) in [6.45, 7) is -0.897. The van der Waals surface area contributed by atoms with Gasteiger partial charge in [0.15, 0.2) is 6.23 Å². The molecular formula is C31H26N6O11. The summed E-state index contributed by atoms with van der Waals surface area (Å²) in [5.41, 5.74) is 3.64. The lowest BCUT2D eigenvalue weighted by Crippen LogP contribution is -2.56. The van der Waals surface area contributed by atoms with Crippen LogP contribution in [0.4, 0.5) is 5.69 Å². The van der Waals surface area contributed by atoms with E-state index in [2.05, 4.69) is 10.4 Å². The van der Waals surface area contributed by atoms with Crippen LogP contribution >= 0.6 is 0 Å². The maximum Gasteiger partial charge on any atom is 0.286 e. The maximum atomic E-state index is 14.3. The van der Waals surface area contributed by atoms with E-state index in [-0.39, 0.29) is 62.3 Å². The number of carbonyl (C=O) groups excluding carboxylic acids is 2. The average molecular weight is 659 g/mol. The molecule has 6 aromatic rings. The quantitative estimate of drug-likeness (QED) is 0.0716. The van der Waals surface area contributed by atoms with Gasteiger partial charge in [-0.3, -0.25) is 19.7 Å². The number of H-pyrrole nitrogens is 1. The maximum absolute atomic E-state index is 14.3. The molecule has 8 N–H and O–H groups in total. The number of carbonyl (C=O) groups is 2. The largest absolute Gasteiger partial charge is 0.508 e. The number of phenols is 2. The summed E-state index contributed by atoms with van der Waals surface area (Å²) < 4.78 is 8.77. The second-order valence-corrected chi connectivity index (χ2v) is 11.8. The summed E-state index contributed by atoms with van der Waals surface area (Å²) in [6, 6.07) is 9.90. The molecule has 2 amide bonds. The van der Waals surface area contributed by atoms with Crippen LogP contribution in [0, 0.1) is 10.1 Å². The number of aromatic amines is 1. The Labute approximate surface area is 267 Å². The summed E-state index contributed by atoms with van der Waals surface area (Å²) >= 11 is 0. The molecule has 0 unspecified atom stereocenters. The lowest BCUT2D eigenvalue weighted by atomic mass is 9.96. The molecule has 0 radical (unpaired) electrons. The number of nitrogens with zero attached hydrogens (tertiary/aromatic N) is 4. The van der Waals surface area contributed by atoms with Crippen molar-refractivity contribution in [2.75, 3.05) is 6.61 Å². The van der Waals surface area contributed by atoms with E-state index < -0.39 is 54.0 Å². The topological polar surface area (TPSA) is 249 Å². The number of imide groups is 1. The summed E-state index contributed by atoms with van der Waals surface area (Å²) in [7, 11) is 0. The Balaban J connectivity index is 1.42. The molecule has 0 bridgehead atoms. The molecule has 5 atom stereocenters. The molecule has 0 spiro atoms. The number of aromatic hydroxyl groups is 2. The minimum Gasteiger partial charge on any atom is -0.508 e. The van der Waals surface area contributed by atoms with Gasteiger partial charge in [-0.05, 0) is 24.3 Å². The Kier molecular flexibility index (Phi) is 6.51. The van der Waals surface area contributed by atoms with Crippen LogP contribution < -0.4 is 5.43 Å². The number of phenolic OH excluding ortho intramolecular Hbond substituents is 2. The van der Waals surface area contributed by atoms with Crippen molar-refractivity contribution in [3.63, 3.8) is 0 Å². The molecule has 0 aliphatic carbocycles. The summed E-state index contributed by atoms with van der Waals surface area (Å²) in [5.74, 6) is -1.78. The Morgan fingerprint density at radius 2 is 1.60 bits per heavy atom. The molecule has 3 aromatic carbocycles. The van der Waals surface area contributed by atoms with E-state index in [1.54, 1.807) is 6.07 Å². The third-order valence-electron chi connectivity index (χ3n) is 9.07. The highest BCUT2D eigenvalue weighted by molar-refractivity contribution is 6.39. The minimum absolute atomic E-state index is 0.00588. The van der Waals surface area contributed by atoms with Crippen LogP contribution in [-0.2, 0) is 11.4 Å². The first kappa shape index (κ1) is 29.8. The number of rotatable bonds is 6. The third kappa shape index (κ3) is 4.06. The molecular weight excluding hydrogens is 632 g/mol. The number of aliphatic hydroxyl groups is 4. The highest BCUT2D eigenvalue weighted by atomic mass is 16.6. The van der Waals surface area contributed by atoms with Crippen molar-refractivity contribution >= 4 is 61.1 Å². The van der Waals surface area contributed by atoms with Crippen molar-refractivity contribution < 1.29 is 49.9 Å². The number of benzene rings is 3. The van der Waals surface area contributed by atoms with Crippen molar-refractivity contribution in [1.29, 1.82) is 0 Å². The van der Waals surface area contributed by atoms with Crippen LogP contribution in [0.25, 0.3) is 43.6 Å². The molecule has 0 saturated carbocycles. The second-order valence-electron chi connectivity index (χ2n) is 11.8. The summed E-state index contributed by atoms with van der Waals surface area (Å²) in [4.78, 5) is 42.3. The number of hydrogen-bond donors (Lipinski definition) is 8. The van der Waals surface area contributed by atoms with Gasteiger partial charge in [-0.15, -0.1) is 0 Å². The van der Waals surface area contributed by atoms with Gasteiger partial charge in [-0.1, -0.05) is 0 Å². The van der Waals surface area contributed by atoms with Gasteiger partial charge in [0.2, 0.25) is 0 Å². The zero-order valence-electron chi connectivity index (χ0n) is 24.5. The number of fused-ring (bicyclic) bond motifs is 10. The number of aromatic nitrogens is 3. The Bertz CT molecular complexity index is 2360. The van der Waals surface area contributed by atoms with Crippen LogP contribution in [-0.4, -0.2) is 97.5 Å². The van der Waals surface area contributed by atoms with E-state index in [1.165, 1.54) is 57.9 Å². The molecule has 2 aliphatic heterocycles. The first-order chi connectivity index (χ1) is 23.0. The Hall–Kier alpha value is -5.56. The van der Waals surface area contributed by atoms with Gasteiger partial charge in [0.25, 0.3) is 17.5 Å². The molecule has 17 nitrogen and oxygen atoms in total. The third-order valence-corrected chi connectivity index (χ3v) is 9.07. The van der Waals surface area contributed by atoms with Crippen LogP contribution in [0.15, 0.2) is 54.9 Å². The van der Waals surface area contributed by atoms with Crippen molar-refractivity contribution in [3.05, 3.63) is 76.1 Å². The number of nitrogens with one attached hydrogen (secondary N) is 2. The van der Waals surface area contributed by atoms with E-state index in [4.69, 9.17) is 4.74 Å². The fraction of sp³-hybridized carbons (Fsp3) is 0.226. The predicted octanol–water partition coefficient (Wildman–Crippen LogP) is 1.28. The van der Waals surface area contributed by atoms with Gasteiger partial charge in [-0.2, -0.15) is 0 Å². The molecule has 2 aliphatic rings. The predicted molar refractivity (Wildman–Crippen MR) is 166 cm³/mol. The lowest BCUT2D eigenvalue weighted by Gasteiger charge is -2.41. The van der Waals surface area contributed by atoms with Gasteiger partial charge >= 0.3 is 0 Å². The van der Waals surface area contributed by atoms with Crippen molar-refractivity contribution in [2.45, 2.75) is 37.3 Å². The molecule has 48 heavy (non-hydrogen) atoms. The van der Waals surface area contributed by atoms with Crippen LogP contribution in [0.1, 0.15) is 26.9 Å². The monoisotopic (exact) mass is 658 g/mol. The van der Waals surface area contributed by atoms with Gasteiger partial charge in [-0.25, -0.2) is 10.4 Å². The normalized spacial score (nSPS) is 22.9. The number of hydrogen-bond acceptors (Lipinski definition) is 12. The first-order valence-corrected chi connectivity index (χ1v) is 14.7. The lowest BCUT2D eigenvalue weighted by molar-refractivity contribution is -0.384. The summed E-state index contributed by atoms with van der Waals surface area (Å²) in [5, 5.41) is 76.6. The number of nitro groups is 1. The summed E-state index contributed by atoms with van der Waals surface area (Å²) in [6.07, 6.45) is -5.32. The van der Waals surface area contributed by atoms with E-state index in [1.807, 2.05) is 0 Å². The molecule has 8 rings (SSSR count). The highest BCUT2D eigenvalue weighted by Crippen LogP contribution is 2.47. The standard InChI is InChI=1S/C31H26N6O11/c38-10-19-26(41)27(42)28(43)31(48-19)35-18-8-14(40)2-4-16(18)21-23-22(20-15-3-1-13(39)7-17(15)33-24(20)25(21)35)29(44)36(30(23)45)32-11-34-6-5-12(9-34)37(46)47/h1-9,19,26-28,31-33,38-43H,10-11H2/t19-,26-,27+,28-,31-/m1/s1. The van der Waals surface area contributed by atoms with Crippen LogP contribution in [0.2, 0.25) is 0 Å². The molecule has 246 valence electrons. The second kappa shape index (κ2) is 10.5. The molecule has 17 heteroatoms. The smallest absolute Gasteiger partial charge is 0.286 e. The fourth-order valence-electron chi connectivity index (χ4n) is 6.90. The van der Waals surface area contributed by atoms with Crippen molar-refractivity contribution in [1.82, 2.24) is 24.6 Å². The molecule has 1 fully saturated rings.